The second-order valence-corrected chi connectivity index (χ2v) is 7.34. The van der Waals surface area contributed by atoms with Crippen LogP contribution in [0.4, 0.5) is 10.1 Å². The molecule has 1 aliphatic carbocycles. The molecule has 2 heterocycles. The van der Waals surface area contributed by atoms with E-state index in [2.05, 4.69) is 10.2 Å². The van der Waals surface area contributed by atoms with Crippen molar-refractivity contribution in [1.29, 1.82) is 0 Å². The summed E-state index contributed by atoms with van der Waals surface area (Å²) in [5, 5.41) is 2.67. The van der Waals surface area contributed by atoms with Crippen molar-refractivity contribution < 1.29 is 14.0 Å². The van der Waals surface area contributed by atoms with E-state index in [0.29, 0.717) is 24.8 Å². The number of amides is 2. The zero-order valence-electron chi connectivity index (χ0n) is 14.3. The fourth-order valence-corrected chi connectivity index (χ4v) is 4.45. The number of piperazine rings is 1. The molecule has 1 aromatic carbocycles. The lowest BCUT2D eigenvalue weighted by Crippen LogP contribution is -2.52. The number of benzene rings is 1. The van der Waals surface area contributed by atoms with E-state index in [-0.39, 0.29) is 18.2 Å². The largest absolute Gasteiger partial charge is 0.340 e. The fourth-order valence-electron chi connectivity index (χ4n) is 4.45. The Labute approximate surface area is 147 Å². The summed E-state index contributed by atoms with van der Waals surface area (Å²) in [4.78, 5) is 29.3. The number of hydrogen-bond donors (Lipinski definition) is 1. The highest BCUT2D eigenvalue weighted by Crippen LogP contribution is 2.34. The summed E-state index contributed by atoms with van der Waals surface area (Å²) >= 11 is 0. The van der Waals surface area contributed by atoms with E-state index in [1.807, 2.05) is 4.90 Å². The predicted molar refractivity (Wildman–Crippen MR) is 92.8 cm³/mol. The van der Waals surface area contributed by atoms with E-state index in [1.165, 1.54) is 37.8 Å². The van der Waals surface area contributed by atoms with Gasteiger partial charge in [0.2, 0.25) is 11.8 Å². The van der Waals surface area contributed by atoms with Crippen molar-refractivity contribution in [3.05, 3.63) is 29.6 Å². The maximum Gasteiger partial charge on any atom is 0.230 e. The molecule has 0 aromatic heterocycles. The maximum atomic E-state index is 13.4. The molecule has 2 amide bonds. The first kappa shape index (κ1) is 16.5. The Kier molecular flexibility index (Phi) is 4.46. The Hall–Kier alpha value is -1.95. The first-order chi connectivity index (χ1) is 12.1. The van der Waals surface area contributed by atoms with Gasteiger partial charge in [-0.15, -0.1) is 0 Å². The van der Waals surface area contributed by atoms with Gasteiger partial charge in [-0.05, 0) is 30.5 Å². The molecule has 1 atom stereocenters. The first-order valence-corrected chi connectivity index (χ1v) is 9.24. The second kappa shape index (κ2) is 6.75. The summed E-state index contributed by atoms with van der Waals surface area (Å²) in [6.45, 7) is 3.24. The monoisotopic (exact) mass is 345 g/mol. The van der Waals surface area contributed by atoms with Crippen LogP contribution in [0, 0.1) is 5.82 Å². The molecule has 0 spiro atoms. The van der Waals surface area contributed by atoms with Gasteiger partial charge in [-0.3, -0.25) is 14.5 Å². The van der Waals surface area contributed by atoms with Crippen LogP contribution in [0.15, 0.2) is 18.2 Å². The van der Waals surface area contributed by atoms with Gasteiger partial charge in [0.15, 0.2) is 0 Å². The minimum Gasteiger partial charge on any atom is -0.340 e. The number of fused-ring (bicyclic) bond motifs is 1. The lowest BCUT2D eigenvalue weighted by atomic mass is 9.89. The molecule has 25 heavy (non-hydrogen) atoms. The van der Waals surface area contributed by atoms with Gasteiger partial charge >= 0.3 is 0 Å². The van der Waals surface area contributed by atoms with E-state index < -0.39 is 11.7 Å². The van der Waals surface area contributed by atoms with Gasteiger partial charge in [-0.25, -0.2) is 4.39 Å². The molecular formula is C19H24FN3O2. The van der Waals surface area contributed by atoms with E-state index in [0.717, 1.165) is 18.7 Å². The minimum atomic E-state index is -0.498. The van der Waals surface area contributed by atoms with Gasteiger partial charge in [-0.2, -0.15) is 0 Å². The minimum absolute atomic E-state index is 0.00576. The van der Waals surface area contributed by atoms with Crippen LogP contribution in [0.25, 0.3) is 0 Å². The molecule has 5 nitrogen and oxygen atoms in total. The van der Waals surface area contributed by atoms with E-state index in [1.54, 1.807) is 6.07 Å². The summed E-state index contributed by atoms with van der Waals surface area (Å²) < 4.78 is 13.4. The Balaban J connectivity index is 1.46. The number of carbonyl (C=O) groups is 2. The SMILES string of the molecule is O=C1CC(C(=O)N2CCN(C3CCCC3)CC2)c2ccc(F)cc2N1. The summed E-state index contributed by atoms with van der Waals surface area (Å²) in [6, 6.07) is 4.96. The quantitative estimate of drug-likeness (QED) is 0.895. The lowest BCUT2D eigenvalue weighted by molar-refractivity contribution is -0.136. The van der Waals surface area contributed by atoms with Crippen molar-refractivity contribution in [3.8, 4) is 0 Å². The van der Waals surface area contributed by atoms with Gasteiger partial charge in [0.05, 0.1) is 5.92 Å². The molecule has 1 aromatic rings. The van der Waals surface area contributed by atoms with E-state index >= 15 is 0 Å². The summed E-state index contributed by atoms with van der Waals surface area (Å²) in [5.74, 6) is -1.13. The zero-order valence-corrected chi connectivity index (χ0v) is 14.3. The summed E-state index contributed by atoms with van der Waals surface area (Å²) in [5.41, 5.74) is 1.16. The molecule has 134 valence electrons. The molecule has 2 aliphatic heterocycles. The molecular weight excluding hydrogens is 321 g/mol. The molecule has 6 heteroatoms. The zero-order chi connectivity index (χ0) is 17.4. The van der Waals surface area contributed by atoms with E-state index in [9.17, 15) is 14.0 Å². The molecule has 1 saturated heterocycles. The normalized spacial score (nSPS) is 24.9. The Bertz CT molecular complexity index is 679. The first-order valence-electron chi connectivity index (χ1n) is 9.24. The number of anilines is 1. The maximum absolute atomic E-state index is 13.4. The number of carbonyl (C=O) groups excluding carboxylic acids is 2. The molecule has 0 bridgehead atoms. The predicted octanol–water partition coefficient (Wildman–Crippen LogP) is 2.34. The fraction of sp³-hybridized carbons (Fsp3) is 0.579. The van der Waals surface area contributed by atoms with Crippen LogP contribution < -0.4 is 5.32 Å². The van der Waals surface area contributed by atoms with Crippen molar-refractivity contribution in [2.24, 2.45) is 0 Å². The lowest BCUT2D eigenvalue weighted by Gasteiger charge is -2.39. The third kappa shape index (κ3) is 3.27. The molecule has 1 saturated carbocycles. The van der Waals surface area contributed by atoms with Crippen molar-refractivity contribution in [3.63, 3.8) is 0 Å². The van der Waals surface area contributed by atoms with Gasteiger partial charge in [0.25, 0.3) is 0 Å². The molecule has 2 fully saturated rings. The highest BCUT2D eigenvalue weighted by molar-refractivity contribution is 6.01. The molecule has 1 N–H and O–H groups in total. The highest BCUT2D eigenvalue weighted by atomic mass is 19.1. The van der Waals surface area contributed by atoms with E-state index in [4.69, 9.17) is 0 Å². The average molecular weight is 345 g/mol. The second-order valence-electron chi connectivity index (χ2n) is 7.34. The number of nitrogens with one attached hydrogen (secondary N) is 1. The third-order valence-electron chi connectivity index (χ3n) is 5.82. The molecule has 3 aliphatic rings. The van der Waals surface area contributed by atoms with Crippen LogP contribution in [0.1, 0.15) is 43.6 Å². The highest BCUT2D eigenvalue weighted by Gasteiger charge is 2.35. The third-order valence-corrected chi connectivity index (χ3v) is 5.82. The Morgan fingerprint density at radius 3 is 2.56 bits per heavy atom. The van der Waals surface area contributed by atoms with Gasteiger partial charge in [0.1, 0.15) is 5.82 Å². The van der Waals surface area contributed by atoms with Gasteiger partial charge < -0.3 is 10.2 Å². The van der Waals surface area contributed by atoms with Crippen LogP contribution in [0.2, 0.25) is 0 Å². The summed E-state index contributed by atoms with van der Waals surface area (Å²) in [6.07, 6.45) is 5.31. The smallest absolute Gasteiger partial charge is 0.230 e. The van der Waals surface area contributed by atoms with Crippen LogP contribution in [-0.4, -0.2) is 53.8 Å². The molecule has 1 unspecified atom stereocenters. The van der Waals surface area contributed by atoms with Crippen LogP contribution >= 0.6 is 0 Å². The van der Waals surface area contributed by atoms with Crippen molar-refractivity contribution in [2.75, 3.05) is 31.5 Å². The Morgan fingerprint density at radius 2 is 1.84 bits per heavy atom. The standard InChI is InChI=1S/C19H24FN3O2/c20-13-5-6-15-16(12-18(24)21-17(15)11-13)19(25)23-9-7-22(8-10-23)14-3-1-2-4-14/h5-6,11,14,16H,1-4,7-10,12H2,(H,21,24). The summed E-state index contributed by atoms with van der Waals surface area (Å²) in [7, 11) is 0. The number of hydrogen-bond acceptors (Lipinski definition) is 3. The molecule has 4 rings (SSSR count). The van der Waals surface area contributed by atoms with Crippen molar-refractivity contribution in [2.45, 2.75) is 44.1 Å². The average Bonchev–Trinajstić information content (AvgIpc) is 3.15. The van der Waals surface area contributed by atoms with Gasteiger partial charge in [0, 0.05) is 44.3 Å². The van der Waals surface area contributed by atoms with Crippen LogP contribution in [0.5, 0.6) is 0 Å². The van der Waals surface area contributed by atoms with Crippen molar-refractivity contribution in [1.82, 2.24) is 9.80 Å². The number of nitrogens with zero attached hydrogens (tertiary/aromatic N) is 2. The van der Waals surface area contributed by atoms with Gasteiger partial charge in [-0.1, -0.05) is 18.9 Å². The topological polar surface area (TPSA) is 52.7 Å². The van der Waals surface area contributed by atoms with Crippen LogP contribution in [0.3, 0.4) is 0 Å². The van der Waals surface area contributed by atoms with Crippen molar-refractivity contribution >= 4 is 17.5 Å². The molecule has 0 radical (unpaired) electrons. The number of halogens is 1. The Morgan fingerprint density at radius 1 is 1.12 bits per heavy atom. The van der Waals surface area contributed by atoms with Crippen LogP contribution in [-0.2, 0) is 9.59 Å². The number of rotatable bonds is 2.